The molecule has 0 heterocycles. The van der Waals surface area contributed by atoms with Gasteiger partial charge >= 0.3 is 24.0 Å². The second kappa shape index (κ2) is 11.2. The number of aliphatic carboxylic acids is 3. The first-order valence-electron chi connectivity index (χ1n) is 8.13. The van der Waals surface area contributed by atoms with Gasteiger partial charge in [0.05, 0.1) is 6.42 Å². The van der Waals surface area contributed by atoms with Crippen molar-refractivity contribution in [3.63, 3.8) is 0 Å². The Labute approximate surface area is 159 Å². The Hall–Kier alpha value is -3.63. The standard InChI is InChI=1S/C17H20N2O9/c20-13(18-11(15(23)24)6-7-14(21)22)8-12(16(25)26)19-17(27)28-9-10-4-2-1-3-5-10/h1-5,11-12H,6-9H2,(H,18,20)(H,19,27)(H,21,22)(H,23,24)(H,25,26). The van der Waals surface area contributed by atoms with E-state index in [4.69, 9.17) is 20.1 Å². The largest absolute Gasteiger partial charge is 0.481 e. The van der Waals surface area contributed by atoms with Gasteiger partial charge in [0.25, 0.3) is 0 Å². The van der Waals surface area contributed by atoms with Gasteiger partial charge in [-0.1, -0.05) is 30.3 Å². The number of benzene rings is 1. The number of hydrogen-bond acceptors (Lipinski definition) is 6. The zero-order chi connectivity index (χ0) is 21.1. The molecule has 2 atom stereocenters. The van der Waals surface area contributed by atoms with Gasteiger partial charge in [-0.2, -0.15) is 0 Å². The summed E-state index contributed by atoms with van der Waals surface area (Å²) in [5.74, 6) is -5.21. The third kappa shape index (κ3) is 8.65. The molecule has 0 saturated heterocycles. The Morgan fingerprint density at radius 1 is 0.893 bits per heavy atom. The number of carbonyl (C=O) groups is 5. The van der Waals surface area contributed by atoms with Crippen LogP contribution in [0.1, 0.15) is 24.8 Å². The molecule has 2 amide bonds. The molecule has 11 heteroatoms. The molecule has 28 heavy (non-hydrogen) atoms. The Bertz CT molecular complexity index is 721. The third-order valence-corrected chi connectivity index (χ3v) is 3.47. The molecule has 5 N–H and O–H groups in total. The fraction of sp³-hybridized carbons (Fsp3) is 0.353. The Kier molecular flexibility index (Phi) is 8.93. The quantitative estimate of drug-likeness (QED) is 0.349. The van der Waals surface area contributed by atoms with E-state index in [-0.39, 0.29) is 13.0 Å². The van der Waals surface area contributed by atoms with E-state index in [2.05, 4.69) is 0 Å². The second-order valence-electron chi connectivity index (χ2n) is 5.69. The first kappa shape index (κ1) is 22.4. The van der Waals surface area contributed by atoms with Crippen molar-refractivity contribution in [2.75, 3.05) is 0 Å². The molecular weight excluding hydrogens is 376 g/mol. The van der Waals surface area contributed by atoms with Crippen molar-refractivity contribution in [3.8, 4) is 0 Å². The summed E-state index contributed by atoms with van der Waals surface area (Å²) in [5.41, 5.74) is 0.671. The number of carboxylic acids is 3. The van der Waals surface area contributed by atoms with E-state index < -0.39 is 54.8 Å². The summed E-state index contributed by atoms with van der Waals surface area (Å²) < 4.78 is 4.87. The molecule has 0 fully saturated rings. The van der Waals surface area contributed by atoms with Crippen molar-refractivity contribution >= 4 is 29.9 Å². The van der Waals surface area contributed by atoms with Crippen molar-refractivity contribution in [2.24, 2.45) is 0 Å². The van der Waals surface area contributed by atoms with Gasteiger partial charge in [-0.25, -0.2) is 14.4 Å². The van der Waals surface area contributed by atoms with Gasteiger partial charge in [-0.05, 0) is 12.0 Å². The first-order valence-corrected chi connectivity index (χ1v) is 8.13. The lowest BCUT2D eigenvalue weighted by atomic mass is 10.1. The molecule has 1 aromatic carbocycles. The molecule has 0 spiro atoms. The van der Waals surface area contributed by atoms with Gasteiger partial charge in [-0.3, -0.25) is 9.59 Å². The van der Waals surface area contributed by atoms with Crippen LogP contribution in [0.4, 0.5) is 4.79 Å². The predicted octanol–water partition coefficient (Wildman–Crippen LogP) is 0.190. The van der Waals surface area contributed by atoms with E-state index in [1.165, 1.54) is 0 Å². The normalized spacial score (nSPS) is 12.3. The van der Waals surface area contributed by atoms with Crippen molar-refractivity contribution in [1.29, 1.82) is 0 Å². The zero-order valence-electron chi connectivity index (χ0n) is 14.7. The maximum Gasteiger partial charge on any atom is 0.408 e. The average Bonchev–Trinajstić information content (AvgIpc) is 2.63. The summed E-state index contributed by atoms with van der Waals surface area (Å²) in [5, 5.41) is 30.7. The van der Waals surface area contributed by atoms with Gasteiger partial charge in [0.1, 0.15) is 18.7 Å². The average molecular weight is 396 g/mol. The molecule has 0 saturated carbocycles. The zero-order valence-corrected chi connectivity index (χ0v) is 14.7. The summed E-state index contributed by atoms with van der Waals surface area (Å²) in [6.07, 6.45) is -2.69. The number of carbonyl (C=O) groups excluding carboxylic acids is 2. The van der Waals surface area contributed by atoms with Crippen LogP contribution in [0.2, 0.25) is 0 Å². The van der Waals surface area contributed by atoms with E-state index in [0.717, 1.165) is 0 Å². The summed E-state index contributed by atoms with van der Waals surface area (Å²) in [4.78, 5) is 56.4. The molecular formula is C17H20N2O9. The molecule has 2 unspecified atom stereocenters. The minimum atomic E-state index is -1.66. The lowest BCUT2D eigenvalue weighted by molar-refractivity contribution is -0.143. The van der Waals surface area contributed by atoms with Gasteiger partial charge in [0, 0.05) is 6.42 Å². The Morgan fingerprint density at radius 3 is 2.04 bits per heavy atom. The van der Waals surface area contributed by atoms with Crippen molar-refractivity contribution < 1.29 is 44.0 Å². The second-order valence-corrected chi connectivity index (χ2v) is 5.69. The van der Waals surface area contributed by atoms with Crippen molar-refractivity contribution in [2.45, 2.75) is 38.0 Å². The third-order valence-electron chi connectivity index (χ3n) is 3.47. The fourth-order valence-corrected chi connectivity index (χ4v) is 2.07. The minimum absolute atomic E-state index is 0.110. The monoisotopic (exact) mass is 396 g/mol. The molecule has 1 aromatic rings. The SMILES string of the molecule is O=C(O)CCC(NC(=O)CC(NC(=O)OCc1ccccc1)C(=O)O)C(=O)O. The summed E-state index contributed by atoms with van der Waals surface area (Å²) in [6, 6.07) is 5.45. The highest BCUT2D eigenvalue weighted by atomic mass is 16.5. The highest BCUT2D eigenvalue weighted by Crippen LogP contribution is 2.03. The summed E-state index contributed by atoms with van der Waals surface area (Å²) >= 11 is 0. The number of carboxylic acid groups (broad SMARTS) is 3. The van der Waals surface area contributed by atoms with Crippen LogP contribution in [0.25, 0.3) is 0 Å². The van der Waals surface area contributed by atoms with Crippen molar-refractivity contribution in [1.82, 2.24) is 10.6 Å². The predicted molar refractivity (Wildman–Crippen MR) is 92.2 cm³/mol. The Morgan fingerprint density at radius 2 is 1.50 bits per heavy atom. The van der Waals surface area contributed by atoms with Gasteiger partial charge in [0.15, 0.2) is 0 Å². The van der Waals surface area contributed by atoms with Crippen molar-refractivity contribution in [3.05, 3.63) is 35.9 Å². The highest BCUT2D eigenvalue weighted by Gasteiger charge is 2.27. The highest BCUT2D eigenvalue weighted by molar-refractivity contribution is 5.89. The van der Waals surface area contributed by atoms with Crippen LogP contribution < -0.4 is 10.6 Å². The minimum Gasteiger partial charge on any atom is -0.481 e. The number of amides is 2. The van der Waals surface area contributed by atoms with Gasteiger partial charge < -0.3 is 30.7 Å². The van der Waals surface area contributed by atoms with Crippen LogP contribution in [-0.2, 0) is 30.5 Å². The van der Waals surface area contributed by atoms with Crippen LogP contribution in [0, 0.1) is 0 Å². The smallest absolute Gasteiger partial charge is 0.408 e. The molecule has 11 nitrogen and oxygen atoms in total. The maximum atomic E-state index is 11.9. The van der Waals surface area contributed by atoms with E-state index in [9.17, 15) is 24.0 Å². The summed E-state index contributed by atoms with van der Waals surface area (Å²) in [7, 11) is 0. The molecule has 0 radical (unpaired) electrons. The molecule has 0 aromatic heterocycles. The molecule has 1 rings (SSSR count). The van der Waals surface area contributed by atoms with E-state index in [1.54, 1.807) is 30.3 Å². The molecule has 0 aliphatic heterocycles. The van der Waals surface area contributed by atoms with E-state index in [1.807, 2.05) is 10.6 Å². The number of nitrogens with one attached hydrogen (secondary N) is 2. The summed E-state index contributed by atoms with van der Waals surface area (Å²) in [6.45, 7) is -0.110. The van der Waals surface area contributed by atoms with E-state index in [0.29, 0.717) is 5.56 Å². The van der Waals surface area contributed by atoms with Crippen LogP contribution in [0.5, 0.6) is 0 Å². The Balaban J connectivity index is 2.56. The van der Waals surface area contributed by atoms with Crippen LogP contribution in [-0.4, -0.2) is 57.3 Å². The van der Waals surface area contributed by atoms with Crippen LogP contribution in [0.15, 0.2) is 30.3 Å². The molecule has 152 valence electrons. The number of hydrogen-bond donors (Lipinski definition) is 5. The topological polar surface area (TPSA) is 179 Å². The lowest BCUT2D eigenvalue weighted by Gasteiger charge is -2.17. The first-order chi connectivity index (χ1) is 13.2. The number of ether oxygens (including phenoxy) is 1. The maximum absolute atomic E-state index is 11.9. The molecule has 0 aliphatic rings. The number of alkyl carbamates (subject to hydrolysis) is 1. The fourth-order valence-electron chi connectivity index (χ4n) is 2.07. The van der Waals surface area contributed by atoms with Crippen LogP contribution >= 0.6 is 0 Å². The van der Waals surface area contributed by atoms with Crippen LogP contribution in [0.3, 0.4) is 0 Å². The van der Waals surface area contributed by atoms with Gasteiger partial charge in [-0.15, -0.1) is 0 Å². The lowest BCUT2D eigenvalue weighted by Crippen LogP contribution is -2.47. The van der Waals surface area contributed by atoms with E-state index >= 15 is 0 Å². The molecule has 0 aliphatic carbocycles. The molecule has 0 bridgehead atoms. The number of rotatable bonds is 11. The van der Waals surface area contributed by atoms with Gasteiger partial charge in [0.2, 0.25) is 5.91 Å².